The molecular formula is C19H19FN2O4S2. The molecule has 0 fully saturated rings. The Kier molecular flexibility index (Phi) is 5.97. The zero-order valence-corrected chi connectivity index (χ0v) is 16.9. The zero-order valence-electron chi connectivity index (χ0n) is 15.3. The second-order valence-electron chi connectivity index (χ2n) is 6.17. The van der Waals surface area contributed by atoms with Crippen LogP contribution in [0.3, 0.4) is 0 Å². The van der Waals surface area contributed by atoms with Crippen LogP contribution >= 0.6 is 11.3 Å². The fourth-order valence-corrected chi connectivity index (χ4v) is 4.60. The highest BCUT2D eigenvalue weighted by Crippen LogP contribution is 2.33. The van der Waals surface area contributed by atoms with Gasteiger partial charge >= 0.3 is 0 Å². The fraction of sp³-hybridized carbons (Fsp3) is 0.211. The summed E-state index contributed by atoms with van der Waals surface area (Å²) in [6.07, 6.45) is 1.06. The second kappa shape index (κ2) is 8.26. The molecule has 3 rings (SSSR count). The van der Waals surface area contributed by atoms with Crippen LogP contribution in [0.1, 0.15) is 20.8 Å². The maximum Gasteiger partial charge on any atom is 0.262 e. The molecule has 0 saturated carbocycles. The third kappa shape index (κ3) is 4.49. The topological polar surface area (TPSA) is 84.5 Å². The van der Waals surface area contributed by atoms with E-state index in [1.54, 1.807) is 36.4 Å². The van der Waals surface area contributed by atoms with Crippen LogP contribution in [-0.4, -0.2) is 27.7 Å². The van der Waals surface area contributed by atoms with Crippen molar-refractivity contribution in [3.63, 3.8) is 0 Å². The van der Waals surface area contributed by atoms with Crippen LogP contribution < -0.4 is 10.0 Å². The van der Waals surface area contributed by atoms with E-state index in [1.807, 2.05) is 0 Å². The molecule has 0 bridgehead atoms. The van der Waals surface area contributed by atoms with Gasteiger partial charge in [0.05, 0.1) is 23.4 Å². The van der Waals surface area contributed by atoms with Gasteiger partial charge in [-0.3, -0.25) is 9.52 Å². The Labute approximate surface area is 166 Å². The summed E-state index contributed by atoms with van der Waals surface area (Å²) in [5, 5.41) is 3.17. The Morgan fingerprint density at radius 1 is 1.18 bits per heavy atom. The summed E-state index contributed by atoms with van der Waals surface area (Å²) in [4.78, 5) is 13.1. The van der Waals surface area contributed by atoms with Crippen LogP contribution in [0.15, 0.2) is 42.5 Å². The van der Waals surface area contributed by atoms with Crippen molar-refractivity contribution >= 4 is 43.0 Å². The number of carbonyl (C=O) groups is 1. The molecule has 2 aromatic carbocycles. The summed E-state index contributed by atoms with van der Waals surface area (Å²) >= 11 is 1.19. The van der Waals surface area contributed by atoms with Crippen LogP contribution in [0.4, 0.5) is 10.1 Å². The molecule has 1 heterocycles. The van der Waals surface area contributed by atoms with Crippen molar-refractivity contribution in [1.82, 2.24) is 5.32 Å². The third-order valence-electron chi connectivity index (χ3n) is 4.01. The number of hydrogen-bond donors (Lipinski definition) is 2. The van der Waals surface area contributed by atoms with Crippen molar-refractivity contribution < 1.29 is 22.3 Å². The lowest BCUT2D eigenvalue weighted by atomic mass is 10.1. The first-order valence-electron chi connectivity index (χ1n) is 8.33. The summed E-state index contributed by atoms with van der Waals surface area (Å²) in [6, 6.07) is 11.5. The number of ether oxygens (including phenoxy) is 1. The van der Waals surface area contributed by atoms with E-state index in [1.165, 1.54) is 24.5 Å². The highest BCUT2D eigenvalue weighted by Gasteiger charge is 2.21. The van der Waals surface area contributed by atoms with E-state index < -0.39 is 15.8 Å². The number of anilines is 1. The number of para-hydroxylation sites is 1. The Hall–Kier alpha value is -2.49. The van der Waals surface area contributed by atoms with Crippen molar-refractivity contribution in [2.45, 2.75) is 13.2 Å². The number of sulfonamides is 1. The maximum absolute atomic E-state index is 14.3. The molecule has 0 aliphatic rings. The Bertz CT molecular complexity index is 1130. The van der Waals surface area contributed by atoms with Crippen LogP contribution in [0.5, 0.6) is 0 Å². The molecule has 1 amide bonds. The third-order valence-corrected chi connectivity index (χ3v) is 5.80. The average molecular weight is 423 g/mol. The molecule has 0 unspecified atom stereocenters. The first kappa shape index (κ1) is 20.2. The molecule has 0 atom stereocenters. The second-order valence-corrected chi connectivity index (χ2v) is 8.97. The van der Waals surface area contributed by atoms with E-state index in [2.05, 4.69) is 10.0 Å². The quantitative estimate of drug-likeness (QED) is 0.611. The highest BCUT2D eigenvalue weighted by molar-refractivity contribution is 7.92. The maximum atomic E-state index is 14.3. The van der Waals surface area contributed by atoms with Gasteiger partial charge in [0.15, 0.2) is 0 Å². The first-order chi connectivity index (χ1) is 13.3. The van der Waals surface area contributed by atoms with E-state index in [0.29, 0.717) is 31.8 Å². The van der Waals surface area contributed by atoms with Gasteiger partial charge in [-0.15, -0.1) is 11.3 Å². The van der Waals surface area contributed by atoms with Gasteiger partial charge in [0.25, 0.3) is 5.91 Å². The number of rotatable bonds is 7. The molecule has 0 aliphatic heterocycles. The summed E-state index contributed by atoms with van der Waals surface area (Å²) < 4.78 is 45.5. The van der Waals surface area contributed by atoms with Crippen molar-refractivity contribution in [1.29, 1.82) is 0 Å². The largest absolute Gasteiger partial charge is 0.380 e. The number of nitrogens with one attached hydrogen (secondary N) is 2. The van der Waals surface area contributed by atoms with Crippen molar-refractivity contribution in [2.24, 2.45) is 0 Å². The summed E-state index contributed by atoms with van der Waals surface area (Å²) in [6.45, 7) is 0.219. The van der Waals surface area contributed by atoms with Gasteiger partial charge in [0, 0.05) is 29.3 Å². The van der Waals surface area contributed by atoms with Gasteiger partial charge in [0.1, 0.15) is 5.82 Å². The lowest BCUT2D eigenvalue weighted by Crippen LogP contribution is -2.24. The summed E-state index contributed by atoms with van der Waals surface area (Å²) in [5.41, 5.74) is 1.51. The minimum absolute atomic E-state index is 0.107. The number of halogens is 1. The summed E-state index contributed by atoms with van der Waals surface area (Å²) in [7, 11) is -1.96. The average Bonchev–Trinajstić information content (AvgIpc) is 3.00. The predicted octanol–water partition coefficient (Wildman–Crippen LogP) is 3.49. The van der Waals surface area contributed by atoms with Crippen LogP contribution in [-0.2, 0) is 27.9 Å². The van der Waals surface area contributed by atoms with Gasteiger partial charge in [-0.2, -0.15) is 0 Å². The first-order valence-corrected chi connectivity index (χ1v) is 11.0. The predicted molar refractivity (Wildman–Crippen MR) is 109 cm³/mol. The van der Waals surface area contributed by atoms with Gasteiger partial charge in [-0.25, -0.2) is 12.8 Å². The number of methoxy groups -OCH3 is 1. The van der Waals surface area contributed by atoms with Crippen LogP contribution in [0.2, 0.25) is 0 Å². The van der Waals surface area contributed by atoms with E-state index in [-0.39, 0.29) is 19.1 Å². The van der Waals surface area contributed by atoms with E-state index in [9.17, 15) is 17.6 Å². The van der Waals surface area contributed by atoms with Crippen molar-refractivity contribution in [2.75, 3.05) is 18.1 Å². The van der Waals surface area contributed by atoms with E-state index in [4.69, 9.17) is 4.74 Å². The molecule has 0 spiro atoms. The monoisotopic (exact) mass is 422 g/mol. The lowest BCUT2D eigenvalue weighted by Gasteiger charge is -2.11. The van der Waals surface area contributed by atoms with Gasteiger partial charge in [-0.1, -0.05) is 24.3 Å². The number of benzene rings is 2. The molecule has 1 aromatic heterocycles. The number of hydrogen-bond acceptors (Lipinski definition) is 5. The van der Waals surface area contributed by atoms with Gasteiger partial charge in [0.2, 0.25) is 10.0 Å². The smallest absolute Gasteiger partial charge is 0.262 e. The minimum atomic E-state index is -3.45. The van der Waals surface area contributed by atoms with Gasteiger partial charge in [-0.05, 0) is 23.8 Å². The Balaban J connectivity index is 1.87. The van der Waals surface area contributed by atoms with E-state index >= 15 is 0 Å². The molecule has 2 N–H and O–H groups in total. The molecule has 3 aromatic rings. The standard InChI is InChI=1S/C19H19FN2O4S2/c1-26-11-13-17-14(20)7-5-9-16(17)27-18(13)19(23)21-10-12-6-3-4-8-15(12)22-28(2,24)25/h3-9,22H,10-11H2,1-2H3,(H,21,23). The molecule has 0 saturated heterocycles. The fourth-order valence-electron chi connectivity index (χ4n) is 2.86. The highest BCUT2D eigenvalue weighted by atomic mass is 32.2. The SMILES string of the molecule is COCc1c(C(=O)NCc2ccccc2NS(C)(=O)=O)sc2cccc(F)c12. The van der Waals surface area contributed by atoms with Crippen molar-refractivity contribution in [3.8, 4) is 0 Å². The molecular weight excluding hydrogens is 403 g/mol. The summed E-state index contributed by atoms with van der Waals surface area (Å²) in [5.74, 6) is -0.774. The molecule has 148 valence electrons. The Morgan fingerprint density at radius 3 is 2.64 bits per heavy atom. The number of fused-ring (bicyclic) bond motifs is 1. The number of carbonyl (C=O) groups excluding carboxylic acids is 1. The molecule has 0 aliphatic carbocycles. The van der Waals surface area contributed by atoms with Crippen LogP contribution in [0, 0.1) is 5.82 Å². The molecule has 9 heteroatoms. The normalized spacial score (nSPS) is 11.5. The minimum Gasteiger partial charge on any atom is -0.380 e. The number of amides is 1. The van der Waals surface area contributed by atoms with Crippen molar-refractivity contribution in [3.05, 3.63) is 64.3 Å². The Morgan fingerprint density at radius 2 is 1.93 bits per heavy atom. The number of thiophene rings is 1. The molecule has 0 radical (unpaired) electrons. The zero-order chi connectivity index (χ0) is 20.3. The van der Waals surface area contributed by atoms with Crippen LogP contribution in [0.25, 0.3) is 10.1 Å². The van der Waals surface area contributed by atoms with E-state index in [0.717, 1.165) is 6.26 Å². The lowest BCUT2D eigenvalue weighted by molar-refractivity contribution is 0.0951. The molecule has 28 heavy (non-hydrogen) atoms. The van der Waals surface area contributed by atoms with Gasteiger partial charge < -0.3 is 10.1 Å². The molecule has 6 nitrogen and oxygen atoms in total.